The Hall–Kier alpha value is -0.640. The number of rotatable bonds is 3. The topological polar surface area (TPSA) is 15.3 Å². The van der Waals surface area contributed by atoms with E-state index < -0.39 is 0 Å². The third kappa shape index (κ3) is 3.47. The summed E-state index contributed by atoms with van der Waals surface area (Å²) in [6.45, 7) is 9.12. The number of nitrogens with one attached hydrogen (secondary N) is 1. The minimum atomic E-state index is -0.281. The molecule has 0 aromatic heterocycles. The van der Waals surface area contributed by atoms with Gasteiger partial charge in [-0.3, -0.25) is 4.90 Å². The SMILES string of the molecule is CC(C)C1CN(Cc2cccc(Cl)c2F)C(C)CN1. The van der Waals surface area contributed by atoms with Crippen LogP contribution in [-0.2, 0) is 6.54 Å². The molecule has 0 saturated carbocycles. The molecule has 1 aromatic carbocycles. The molecule has 2 atom stereocenters. The maximum Gasteiger partial charge on any atom is 0.146 e. The van der Waals surface area contributed by atoms with Crippen LogP contribution in [0.25, 0.3) is 0 Å². The van der Waals surface area contributed by atoms with Gasteiger partial charge in [-0.05, 0) is 18.9 Å². The van der Waals surface area contributed by atoms with Gasteiger partial charge in [0.2, 0.25) is 0 Å². The second kappa shape index (κ2) is 6.21. The van der Waals surface area contributed by atoms with Crippen molar-refractivity contribution in [2.24, 2.45) is 5.92 Å². The molecule has 2 unspecified atom stereocenters. The minimum absolute atomic E-state index is 0.209. The van der Waals surface area contributed by atoms with E-state index in [2.05, 4.69) is 31.0 Å². The molecule has 1 N–H and O–H groups in total. The van der Waals surface area contributed by atoms with Crippen LogP contribution in [0.5, 0.6) is 0 Å². The summed E-state index contributed by atoms with van der Waals surface area (Å²) in [5.74, 6) is 0.301. The van der Waals surface area contributed by atoms with Crippen molar-refractivity contribution in [1.82, 2.24) is 10.2 Å². The molecule has 1 aromatic rings. The maximum absolute atomic E-state index is 14.0. The van der Waals surface area contributed by atoms with Crippen LogP contribution in [0.15, 0.2) is 18.2 Å². The molecule has 1 fully saturated rings. The lowest BCUT2D eigenvalue weighted by Gasteiger charge is -2.40. The zero-order valence-electron chi connectivity index (χ0n) is 11.8. The average molecular weight is 285 g/mol. The fourth-order valence-corrected chi connectivity index (χ4v) is 2.70. The molecule has 106 valence electrons. The third-order valence-corrected chi connectivity index (χ3v) is 4.23. The molecule has 2 nitrogen and oxygen atoms in total. The van der Waals surface area contributed by atoms with Crippen LogP contribution in [-0.4, -0.2) is 30.1 Å². The second-order valence-electron chi connectivity index (χ2n) is 5.75. The Morgan fingerprint density at radius 3 is 2.89 bits per heavy atom. The first kappa shape index (κ1) is 14.8. The van der Waals surface area contributed by atoms with Gasteiger partial charge in [-0.2, -0.15) is 0 Å². The molecule has 1 aliphatic heterocycles. The first-order valence-corrected chi connectivity index (χ1v) is 7.27. The average Bonchev–Trinajstić information content (AvgIpc) is 2.37. The quantitative estimate of drug-likeness (QED) is 0.916. The van der Waals surface area contributed by atoms with Crippen molar-refractivity contribution in [1.29, 1.82) is 0 Å². The van der Waals surface area contributed by atoms with E-state index in [1.807, 2.05) is 12.1 Å². The number of benzene rings is 1. The van der Waals surface area contributed by atoms with Gasteiger partial charge in [-0.25, -0.2) is 4.39 Å². The maximum atomic E-state index is 14.0. The van der Waals surface area contributed by atoms with E-state index in [4.69, 9.17) is 11.6 Å². The number of nitrogens with zero attached hydrogens (tertiary/aromatic N) is 1. The van der Waals surface area contributed by atoms with Crippen LogP contribution in [0.1, 0.15) is 26.3 Å². The minimum Gasteiger partial charge on any atom is -0.311 e. The van der Waals surface area contributed by atoms with E-state index >= 15 is 0 Å². The molecule has 1 aliphatic rings. The summed E-state index contributed by atoms with van der Waals surface area (Å²) >= 11 is 5.84. The number of piperazine rings is 1. The van der Waals surface area contributed by atoms with Crippen molar-refractivity contribution in [3.05, 3.63) is 34.6 Å². The molecular weight excluding hydrogens is 263 g/mol. The lowest BCUT2D eigenvalue weighted by Crippen LogP contribution is -2.56. The molecule has 4 heteroatoms. The van der Waals surface area contributed by atoms with Gasteiger partial charge in [-0.15, -0.1) is 0 Å². The lowest BCUT2D eigenvalue weighted by molar-refractivity contribution is 0.115. The Morgan fingerprint density at radius 1 is 1.47 bits per heavy atom. The van der Waals surface area contributed by atoms with E-state index in [-0.39, 0.29) is 10.8 Å². The van der Waals surface area contributed by atoms with Crippen molar-refractivity contribution in [3.8, 4) is 0 Å². The first-order valence-electron chi connectivity index (χ1n) is 6.89. The van der Waals surface area contributed by atoms with Crippen molar-refractivity contribution in [2.45, 2.75) is 39.4 Å². The lowest BCUT2D eigenvalue weighted by atomic mass is 9.99. The van der Waals surface area contributed by atoms with Crippen molar-refractivity contribution >= 4 is 11.6 Å². The van der Waals surface area contributed by atoms with Crippen LogP contribution in [0.3, 0.4) is 0 Å². The van der Waals surface area contributed by atoms with E-state index in [0.717, 1.165) is 13.1 Å². The molecule has 19 heavy (non-hydrogen) atoms. The van der Waals surface area contributed by atoms with Gasteiger partial charge in [0, 0.05) is 37.3 Å². The standard InChI is InChI=1S/C15H22ClFN2/c1-10(2)14-9-19(11(3)7-18-14)8-12-5-4-6-13(16)15(12)17/h4-6,10-11,14,18H,7-9H2,1-3H3. The molecule has 1 heterocycles. The van der Waals surface area contributed by atoms with Crippen LogP contribution >= 0.6 is 11.6 Å². The van der Waals surface area contributed by atoms with E-state index in [0.29, 0.717) is 30.1 Å². The smallest absolute Gasteiger partial charge is 0.146 e. The summed E-state index contributed by atoms with van der Waals surface area (Å²) < 4.78 is 14.0. The van der Waals surface area contributed by atoms with Gasteiger partial charge >= 0.3 is 0 Å². The van der Waals surface area contributed by atoms with Gasteiger partial charge in [0.05, 0.1) is 5.02 Å². The van der Waals surface area contributed by atoms with E-state index in [1.165, 1.54) is 0 Å². The Bertz CT molecular complexity index is 436. The molecule has 2 rings (SSSR count). The molecule has 0 radical (unpaired) electrons. The predicted molar refractivity (Wildman–Crippen MR) is 77.9 cm³/mol. The Labute approximate surface area is 119 Å². The Balaban J connectivity index is 2.10. The summed E-state index contributed by atoms with van der Waals surface area (Å²) in [6, 6.07) is 6.11. The predicted octanol–water partition coefficient (Wildman–Crippen LogP) is 3.30. The fraction of sp³-hybridized carbons (Fsp3) is 0.600. The van der Waals surface area contributed by atoms with E-state index in [9.17, 15) is 4.39 Å². The summed E-state index contributed by atoms with van der Waals surface area (Å²) in [6.07, 6.45) is 0. The normalized spacial score (nSPS) is 24.9. The third-order valence-electron chi connectivity index (χ3n) is 3.94. The highest BCUT2D eigenvalue weighted by molar-refractivity contribution is 6.30. The van der Waals surface area contributed by atoms with Crippen molar-refractivity contribution in [2.75, 3.05) is 13.1 Å². The highest BCUT2D eigenvalue weighted by atomic mass is 35.5. The fourth-order valence-electron chi connectivity index (χ4n) is 2.50. The van der Waals surface area contributed by atoms with Crippen LogP contribution < -0.4 is 5.32 Å². The summed E-state index contributed by atoms with van der Waals surface area (Å²) in [7, 11) is 0. The second-order valence-corrected chi connectivity index (χ2v) is 6.16. The number of hydrogen-bond donors (Lipinski definition) is 1. The Kier molecular flexibility index (Phi) is 4.82. The number of halogens is 2. The molecule has 0 bridgehead atoms. The molecule has 0 aliphatic carbocycles. The van der Waals surface area contributed by atoms with Gasteiger partial charge < -0.3 is 5.32 Å². The first-order chi connectivity index (χ1) is 8.99. The van der Waals surface area contributed by atoms with Gasteiger partial charge in [0.25, 0.3) is 0 Å². The Morgan fingerprint density at radius 2 is 2.21 bits per heavy atom. The summed E-state index contributed by atoms with van der Waals surface area (Å²) in [4.78, 5) is 2.33. The van der Waals surface area contributed by atoms with E-state index in [1.54, 1.807) is 6.07 Å². The van der Waals surface area contributed by atoms with Gasteiger partial charge in [0.15, 0.2) is 0 Å². The highest BCUT2D eigenvalue weighted by Crippen LogP contribution is 2.21. The molecular formula is C15H22ClFN2. The molecule has 0 amide bonds. The van der Waals surface area contributed by atoms with Gasteiger partial charge in [0.1, 0.15) is 5.82 Å². The number of hydrogen-bond acceptors (Lipinski definition) is 2. The van der Waals surface area contributed by atoms with Crippen molar-refractivity contribution in [3.63, 3.8) is 0 Å². The highest BCUT2D eigenvalue weighted by Gasteiger charge is 2.27. The summed E-state index contributed by atoms with van der Waals surface area (Å²) in [5.41, 5.74) is 0.684. The largest absolute Gasteiger partial charge is 0.311 e. The summed E-state index contributed by atoms with van der Waals surface area (Å²) in [5, 5.41) is 3.76. The van der Waals surface area contributed by atoms with Crippen LogP contribution in [0.2, 0.25) is 5.02 Å². The van der Waals surface area contributed by atoms with Crippen molar-refractivity contribution < 1.29 is 4.39 Å². The molecule has 1 saturated heterocycles. The zero-order valence-corrected chi connectivity index (χ0v) is 12.5. The molecule has 0 spiro atoms. The van der Waals surface area contributed by atoms with Crippen LogP contribution in [0.4, 0.5) is 4.39 Å². The van der Waals surface area contributed by atoms with Crippen LogP contribution in [0, 0.1) is 11.7 Å². The van der Waals surface area contributed by atoms with Gasteiger partial charge in [-0.1, -0.05) is 37.6 Å². The monoisotopic (exact) mass is 284 g/mol. The zero-order chi connectivity index (χ0) is 14.0.